The molecule has 0 saturated heterocycles. The molecule has 0 radical (unpaired) electrons. The molecule has 1 aromatic rings. The number of aryl methyl sites for hydroxylation is 1. The van der Waals surface area contributed by atoms with E-state index in [0.29, 0.717) is 6.04 Å². The molecule has 2 aliphatic rings. The number of aromatic nitrogens is 3. The molecule has 4 heteroatoms. The average molecular weight is 218 g/mol. The van der Waals surface area contributed by atoms with Crippen molar-refractivity contribution in [1.29, 1.82) is 0 Å². The molecule has 3 unspecified atom stereocenters. The number of hydrogen-bond acceptors (Lipinski definition) is 3. The molecule has 0 aromatic carbocycles. The van der Waals surface area contributed by atoms with Gasteiger partial charge in [0.05, 0.1) is 0 Å². The van der Waals surface area contributed by atoms with Crippen molar-refractivity contribution in [1.82, 2.24) is 20.1 Å². The molecule has 86 valence electrons. The highest BCUT2D eigenvalue weighted by molar-refractivity contribution is 5.12. The molecule has 3 atom stereocenters. The van der Waals surface area contributed by atoms with Crippen molar-refractivity contribution >= 4 is 0 Å². The fraction of sp³-hybridized carbons (Fsp3) is 0.667. The predicted molar refractivity (Wildman–Crippen MR) is 61.9 cm³/mol. The Morgan fingerprint density at radius 3 is 3.25 bits per heavy atom. The summed E-state index contributed by atoms with van der Waals surface area (Å²) in [5, 5.41) is 7.88. The number of allylic oxidation sites excluding steroid dienone is 1. The summed E-state index contributed by atoms with van der Waals surface area (Å²) in [7, 11) is 1.91. The minimum Gasteiger partial charge on any atom is -0.313 e. The molecule has 1 fully saturated rings. The third kappa shape index (κ3) is 1.78. The second-order valence-electron chi connectivity index (χ2n) is 4.88. The first kappa shape index (κ1) is 10.0. The smallest absolute Gasteiger partial charge is 0.151 e. The van der Waals surface area contributed by atoms with Gasteiger partial charge in [0.25, 0.3) is 0 Å². The third-order valence-corrected chi connectivity index (χ3v) is 3.76. The van der Waals surface area contributed by atoms with Gasteiger partial charge in [-0.15, -0.1) is 0 Å². The molecule has 0 bridgehead atoms. The minimum atomic E-state index is 0.701. The molecule has 1 saturated carbocycles. The molecule has 0 aliphatic heterocycles. The zero-order chi connectivity index (χ0) is 11.0. The maximum absolute atomic E-state index is 4.27. The highest BCUT2D eigenvalue weighted by Gasteiger charge is 2.40. The predicted octanol–water partition coefficient (Wildman–Crippen LogP) is 0.912. The Morgan fingerprint density at radius 2 is 2.50 bits per heavy atom. The van der Waals surface area contributed by atoms with Crippen LogP contribution in [-0.2, 0) is 13.5 Å². The largest absolute Gasteiger partial charge is 0.313 e. The summed E-state index contributed by atoms with van der Waals surface area (Å²) in [6.45, 7) is 0.992. The van der Waals surface area contributed by atoms with Gasteiger partial charge in [0.2, 0.25) is 0 Å². The Bertz CT molecular complexity index is 395. The van der Waals surface area contributed by atoms with Gasteiger partial charge in [0, 0.05) is 26.1 Å². The standard InChI is InChI=1S/C12H18N4/c1-16-8-14-12(15-16)5-6-13-11-7-9-3-2-4-10(9)11/h2,4,8-11,13H,3,5-7H2,1H3. The van der Waals surface area contributed by atoms with E-state index in [4.69, 9.17) is 0 Å². The molecule has 1 heterocycles. The molecule has 1 N–H and O–H groups in total. The van der Waals surface area contributed by atoms with Crippen LogP contribution in [0.3, 0.4) is 0 Å². The minimum absolute atomic E-state index is 0.701. The first-order valence-corrected chi connectivity index (χ1v) is 6.07. The van der Waals surface area contributed by atoms with Crippen LogP contribution in [0.15, 0.2) is 18.5 Å². The van der Waals surface area contributed by atoms with E-state index in [0.717, 1.165) is 30.6 Å². The number of nitrogens with one attached hydrogen (secondary N) is 1. The van der Waals surface area contributed by atoms with Crippen molar-refractivity contribution in [3.8, 4) is 0 Å². The van der Waals surface area contributed by atoms with Gasteiger partial charge >= 0.3 is 0 Å². The van der Waals surface area contributed by atoms with E-state index in [-0.39, 0.29) is 0 Å². The second kappa shape index (κ2) is 4.01. The monoisotopic (exact) mass is 218 g/mol. The summed E-state index contributed by atoms with van der Waals surface area (Å²) < 4.78 is 1.76. The zero-order valence-corrected chi connectivity index (χ0v) is 9.63. The third-order valence-electron chi connectivity index (χ3n) is 3.76. The summed E-state index contributed by atoms with van der Waals surface area (Å²) in [6.07, 6.45) is 10.0. The lowest BCUT2D eigenvalue weighted by molar-refractivity contribution is 0.164. The fourth-order valence-electron chi connectivity index (χ4n) is 2.82. The molecule has 16 heavy (non-hydrogen) atoms. The summed E-state index contributed by atoms with van der Waals surface area (Å²) in [5.74, 6) is 2.68. The van der Waals surface area contributed by atoms with Crippen LogP contribution in [-0.4, -0.2) is 27.4 Å². The first-order chi connectivity index (χ1) is 7.83. The van der Waals surface area contributed by atoms with E-state index in [1.54, 1.807) is 11.0 Å². The fourth-order valence-corrected chi connectivity index (χ4v) is 2.82. The molecule has 3 rings (SSSR count). The summed E-state index contributed by atoms with van der Waals surface area (Å²) in [5.41, 5.74) is 0. The zero-order valence-electron chi connectivity index (χ0n) is 9.63. The summed E-state index contributed by atoms with van der Waals surface area (Å²) >= 11 is 0. The van der Waals surface area contributed by atoms with Crippen LogP contribution in [0.4, 0.5) is 0 Å². The van der Waals surface area contributed by atoms with Crippen molar-refractivity contribution < 1.29 is 0 Å². The Kier molecular flexibility index (Phi) is 2.52. The van der Waals surface area contributed by atoms with E-state index < -0.39 is 0 Å². The van der Waals surface area contributed by atoms with Crippen LogP contribution in [0, 0.1) is 11.8 Å². The van der Waals surface area contributed by atoms with Crippen LogP contribution in [0.25, 0.3) is 0 Å². The lowest BCUT2D eigenvalue weighted by atomic mass is 9.71. The number of fused-ring (bicyclic) bond motifs is 1. The average Bonchev–Trinajstić information content (AvgIpc) is 2.80. The van der Waals surface area contributed by atoms with Gasteiger partial charge in [-0.1, -0.05) is 12.2 Å². The van der Waals surface area contributed by atoms with Gasteiger partial charge < -0.3 is 5.32 Å². The molecular weight excluding hydrogens is 200 g/mol. The second-order valence-corrected chi connectivity index (χ2v) is 4.88. The summed E-state index contributed by atoms with van der Waals surface area (Å²) in [4.78, 5) is 4.22. The van der Waals surface area contributed by atoms with Gasteiger partial charge in [-0.05, 0) is 24.7 Å². The van der Waals surface area contributed by atoms with Crippen LogP contribution < -0.4 is 5.32 Å². The van der Waals surface area contributed by atoms with Gasteiger partial charge in [-0.3, -0.25) is 4.68 Å². The molecule has 0 spiro atoms. The van der Waals surface area contributed by atoms with Crippen LogP contribution in [0.5, 0.6) is 0 Å². The Hall–Kier alpha value is -1.16. The van der Waals surface area contributed by atoms with Crippen molar-refractivity contribution in [2.24, 2.45) is 18.9 Å². The van der Waals surface area contributed by atoms with Gasteiger partial charge in [-0.2, -0.15) is 5.10 Å². The Morgan fingerprint density at radius 1 is 1.56 bits per heavy atom. The van der Waals surface area contributed by atoms with Gasteiger partial charge in [0.1, 0.15) is 6.33 Å². The van der Waals surface area contributed by atoms with Crippen LogP contribution >= 0.6 is 0 Å². The maximum Gasteiger partial charge on any atom is 0.151 e. The topological polar surface area (TPSA) is 42.7 Å². The Balaban J connectivity index is 1.42. The molecule has 1 aromatic heterocycles. The normalized spacial score (nSPS) is 31.4. The quantitative estimate of drug-likeness (QED) is 0.764. The van der Waals surface area contributed by atoms with Crippen molar-refractivity contribution in [2.45, 2.75) is 25.3 Å². The molecule has 2 aliphatic carbocycles. The van der Waals surface area contributed by atoms with Crippen LogP contribution in [0.2, 0.25) is 0 Å². The van der Waals surface area contributed by atoms with E-state index >= 15 is 0 Å². The number of hydrogen-bond donors (Lipinski definition) is 1. The van der Waals surface area contributed by atoms with Crippen molar-refractivity contribution in [3.63, 3.8) is 0 Å². The highest BCUT2D eigenvalue weighted by Crippen LogP contribution is 2.42. The highest BCUT2D eigenvalue weighted by atomic mass is 15.3. The lowest BCUT2D eigenvalue weighted by Gasteiger charge is -2.40. The van der Waals surface area contributed by atoms with E-state index in [1.165, 1.54) is 12.8 Å². The lowest BCUT2D eigenvalue weighted by Crippen LogP contribution is -2.48. The van der Waals surface area contributed by atoms with E-state index in [1.807, 2.05) is 7.05 Å². The first-order valence-electron chi connectivity index (χ1n) is 6.07. The molecule has 4 nitrogen and oxygen atoms in total. The van der Waals surface area contributed by atoms with E-state index in [9.17, 15) is 0 Å². The SMILES string of the molecule is Cn1cnc(CCNC2CC3CC=CC32)n1. The van der Waals surface area contributed by atoms with Gasteiger partial charge in [0.15, 0.2) is 5.82 Å². The maximum atomic E-state index is 4.27. The number of rotatable bonds is 4. The van der Waals surface area contributed by atoms with Crippen molar-refractivity contribution in [2.75, 3.05) is 6.54 Å². The number of nitrogens with zero attached hydrogens (tertiary/aromatic N) is 3. The molecular formula is C12H18N4. The van der Waals surface area contributed by atoms with Gasteiger partial charge in [-0.25, -0.2) is 4.98 Å². The van der Waals surface area contributed by atoms with E-state index in [2.05, 4.69) is 27.6 Å². The van der Waals surface area contributed by atoms with Crippen LogP contribution in [0.1, 0.15) is 18.7 Å². The molecule has 0 amide bonds. The van der Waals surface area contributed by atoms with Crippen molar-refractivity contribution in [3.05, 3.63) is 24.3 Å². The summed E-state index contributed by atoms with van der Waals surface area (Å²) in [6, 6.07) is 0.701. The Labute approximate surface area is 95.8 Å².